The third kappa shape index (κ3) is 7.43. The first-order valence-electron chi connectivity index (χ1n) is 13.2. The summed E-state index contributed by atoms with van der Waals surface area (Å²) in [6.45, 7) is 3.84. The molecule has 4 rings (SSSR count). The van der Waals surface area contributed by atoms with E-state index in [1.807, 2.05) is 67.6 Å². The third-order valence-corrected chi connectivity index (χ3v) is 7.18. The van der Waals surface area contributed by atoms with Crippen LogP contribution in [0.5, 0.6) is 0 Å². The number of amides is 2. The topological polar surface area (TPSA) is 87.7 Å². The lowest BCUT2D eigenvalue weighted by Gasteiger charge is -2.36. The summed E-state index contributed by atoms with van der Waals surface area (Å²) in [7, 11) is 4.39. The molecule has 0 aromatic heterocycles. The molecule has 3 N–H and O–H groups in total. The molecule has 1 heterocycles. The van der Waals surface area contributed by atoms with Gasteiger partial charge in [-0.2, -0.15) is 0 Å². The van der Waals surface area contributed by atoms with Gasteiger partial charge in [0.05, 0.1) is 39.5 Å². The molecule has 3 aromatic rings. The molecule has 2 amide bonds. The number of carbonyl (C=O) groups is 2. The second-order valence-electron chi connectivity index (χ2n) is 10.7. The fraction of sp³-hybridized carbons (Fsp3) is 0.355. The summed E-state index contributed by atoms with van der Waals surface area (Å²) in [5.41, 5.74) is 5.95. The van der Waals surface area contributed by atoms with Crippen LogP contribution in [0.2, 0.25) is 0 Å². The highest BCUT2D eigenvalue weighted by molar-refractivity contribution is 5.93. The molecule has 0 aliphatic carbocycles. The summed E-state index contributed by atoms with van der Waals surface area (Å²) in [6.07, 6.45) is 1.99. The molecule has 200 valence electrons. The van der Waals surface area contributed by atoms with Crippen LogP contribution in [0.15, 0.2) is 66.7 Å². The van der Waals surface area contributed by atoms with Gasteiger partial charge < -0.3 is 19.6 Å². The number of carbonyl (C=O) groups excluding carboxylic acids is 2. The van der Waals surface area contributed by atoms with Gasteiger partial charge in [-0.05, 0) is 47.7 Å². The smallest absolute Gasteiger partial charge is 0.411 e. The number of hydrogen-bond donors (Lipinski definition) is 3. The van der Waals surface area contributed by atoms with Crippen molar-refractivity contribution in [2.24, 2.45) is 0 Å². The van der Waals surface area contributed by atoms with Crippen LogP contribution in [0, 0.1) is 6.92 Å². The minimum atomic E-state index is -0.448. The van der Waals surface area contributed by atoms with E-state index in [4.69, 9.17) is 4.74 Å². The van der Waals surface area contributed by atoms with Crippen LogP contribution in [0.4, 0.5) is 16.2 Å². The minimum absolute atomic E-state index is 0.0317. The van der Waals surface area contributed by atoms with Gasteiger partial charge in [0.2, 0.25) is 5.91 Å². The number of quaternary nitrogens is 1. The zero-order valence-electron chi connectivity index (χ0n) is 22.5. The van der Waals surface area contributed by atoms with Crippen LogP contribution >= 0.6 is 0 Å². The van der Waals surface area contributed by atoms with Crippen molar-refractivity contribution in [3.63, 3.8) is 0 Å². The fourth-order valence-corrected chi connectivity index (χ4v) is 4.81. The van der Waals surface area contributed by atoms with E-state index in [0.717, 1.165) is 63.9 Å². The van der Waals surface area contributed by atoms with Gasteiger partial charge in [0, 0.05) is 30.5 Å². The van der Waals surface area contributed by atoms with Gasteiger partial charge >= 0.3 is 6.09 Å². The summed E-state index contributed by atoms with van der Waals surface area (Å²) in [6, 6.07) is 21.3. The lowest BCUT2D eigenvalue weighted by atomic mass is 9.99. The highest BCUT2D eigenvalue weighted by Gasteiger charge is 2.28. The van der Waals surface area contributed by atoms with Crippen molar-refractivity contribution in [2.75, 3.05) is 37.8 Å². The van der Waals surface area contributed by atoms with Crippen molar-refractivity contribution in [3.8, 4) is 11.1 Å². The molecule has 1 aliphatic rings. The molecule has 0 atom stereocenters. The van der Waals surface area contributed by atoms with Crippen LogP contribution in [0.3, 0.4) is 0 Å². The number of benzene rings is 3. The Balaban J connectivity index is 1.43. The van der Waals surface area contributed by atoms with Crippen molar-refractivity contribution in [2.45, 2.75) is 45.3 Å². The lowest BCUT2D eigenvalue weighted by Crippen LogP contribution is -2.48. The van der Waals surface area contributed by atoms with Crippen molar-refractivity contribution in [1.29, 1.82) is 0 Å². The van der Waals surface area contributed by atoms with Crippen molar-refractivity contribution in [1.82, 2.24) is 0 Å². The van der Waals surface area contributed by atoms with Crippen LogP contribution in [-0.2, 0) is 22.6 Å². The summed E-state index contributed by atoms with van der Waals surface area (Å²) < 4.78 is 6.72. The monoisotopic (exact) mass is 516 g/mol. The fourth-order valence-electron chi connectivity index (χ4n) is 4.81. The Bertz CT molecular complexity index is 1260. The predicted octanol–water partition coefficient (Wildman–Crippen LogP) is 5.51. The largest absolute Gasteiger partial charge is 0.446 e. The molecule has 1 saturated heterocycles. The molecule has 7 heteroatoms. The number of nitrogens with one attached hydrogen (secondary N) is 2. The summed E-state index contributed by atoms with van der Waals surface area (Å²) in [5.74, 6) is -0.0930. The Labute approximate surface area is 225 Å². The minimum Gasteiger partial charge on any atom is -0.446 e. The van der Waals surface area contributed by atoms with Crippen LogP contribution in [0.25, 0.3) is 11.1 Å². The van der Waals surface area contributed by atoms with E-state index in [1.165, 1.54) is 0 Å². The van der Waals surface area contributed by atoms with E-state index in [9.17, 15) is 14.7 Å². The SMILES string of the molecule is Cc1cc(CO)ccc1NC(=O)CCc1ccc(-c2ccccc2)c(NC(=O)OC2CC[N+](C)(C)CC2)c1. The molecule has 7 nitrogen and oxygen atoms in total. The number of ether oxygens (including phenoxy) is 1. The maximum atomic E-state index is 12.9. The van der Waals surface area contributed by atoms with Gasteiger partial charge in [-0.1, -0.05) is 54.6 Å². The molecule has 1 fully saturated rings. The first kappa shape index (κ1) is 27.4. The van der Waals surface area contributed by atoms with E-state index in [1.54, 1.807) is 6.07 Å². The van der Waals surface area contributed by atoms with Crippen LogP contribution in [-0.4, -0.2) is 54.9 Å². The number of aliphatic hydroxyl groups excluding tert-OH is 1. The number of nitrogens with zero attached hydrogens (tertiary/aromatic N) is 1. The molecule has 1 aliphatic heterocycles. The highest BCUT2D eigenvalue weighted by atomic mass is 16.6. The number of hydrogen-bond acceptors (Lipinski definition) is 4. The Hall–Kier alpha value is -3.68. The standard InChI is InChI=1S/C31H37N3O4/c1-22-19-24(21-35)10-13-28(22)32-30(36)14-11-23-9-12-27(25-7-5-4-6-8-25)29(20-23)33-31(37)38-26-15-17-34(2,3)18-16-26/h4-10,12-13,19-20,26,35H,11,14-18,21H2,1-3H3,(H-,32,33,36,37)/p+1. The van der Waals surface area contributed by atoms with E-state index < -0.39 is 6.09 Å². The third-order valence-electron chi connectivity index (χ3n) is 7.18. The molecule has 0 saturated carbocycles. The van der Waals surface area contributed by atoms with Gasteiger partial charge in [-0.25, -0.2) is 4.79 Å². The molecular formula is C31H38N3O4+. The molecule has 0 bridgehead atoms. The molecular weight excluding hydrogens is 478 g/mol. The van der Waals surface area contributed by atoms with E-state index in [0.29, 0.717) is 18.5 Å². The van der Waals surface area contributed by atoms with Gasteiger partial charge in [0.1, 0.15) is 6.10 Å². The van der Waals surface area contributed by atoms with Crippen molar-refractivity contribution in [3.05, 3.63) is 83.4 Å². The summed E-state index contributed by atoms with van der Waals surface area (Å²) in [4.78, 5) is 25.5. The van der Waals surface area contributed by atoms with Crippen molar-refractivity contribution < 1.29 is 23.9 Å². The zero-order chi connectivity index (χ0) is 27.1. The second-order valence-corrected chi connectivity index (χ2v) is 10.7. The Kier molecular flexibility index (Phi) is 8.81. The first-order valence-corrected chi connectivity index (χ1v) is 13.2. The quantitative estimate of drug-likeness (QED) is 0.345. The molecule has 0 radical (unpaired) electrons. The second kappa shape index (κ2) is 12.2. The Morgan fingerprint density at radius 2 is 1.63 bits per heavy atom. The number of piperidine rings is 1. The number of anilines is 2. The molecule has 3 aromatic carbocycles. The molecule has 38 heavy (non-hydrogen) atoms. The van der Waals surface area contributed by atoms with Crippen LogP contribution in [0.1, 0.15) is 36.0 Å². The van der Waals surface area contributed by atoms with Gasteiger partial charge in [-0.15, -0.1) is 0 Å². The summed E-state index contributed by atoms with van der Waals surface area (Å²) in [5, 5.41) is 15.2. The maximum absolute atomic E-state index is 12.9. The lowest BCUT2D eigenvalue weighted by molar-refractivity contribution is -0.896. The number of likely N-dealkylation sites (tertiary alicyclic amines) is 1. The molecule has 0 spiro atoms. The normalized spacial score (nSPS) is 15.1. The van der Waals surface area contributed by atoms with E-state index in [-0.39, 0.29) is 18.6 Å². The highest BCUT2D eigenvalue weighted by Crippen LogP contribution is 2.30. The predicted molar refractivity (Wildman–Crippen MR) is 151 cm³/mol. The van der Waals surface area contributed by atoms with E-state index in [2.05, 4.69) is 24.7 Å². The van der Waals surface area contributed by atoms with Crippen molar-refractivity contribution >= 4 is 23.4 Å². The van der Waals surface area contributed by atoms with Gasteiger partial charge in [-0.3, -0.25) is 10.1 Å². The maximum Gasteiger partial charge on any atom is 0.411 e. The van der Waals surface area contributed by atoms with Crippen LogP contribution < -0.4 is 10.6 Å². The summed E-state index contributed by atoms with van der Waals surface area (Å²) >= 11 is 0. The molecule has 0 unspecified atom stereocenters. The number of aryl methyl sites for hydroxylation is 2. The average molecular weight is 517 g/mol. The van der Waals surface area contributed by atoms with E-state index >= 15 is 0 Å². The zero-order valence-corrected chi connectivity index (χ0v) is 22.5. The van der Waals surface area contributed by atoms with Gasteiger partial charge in [0.25, 0.3) is 0 Å². The first-order chi connectivity index (χ1) is 18.2. The Morgan fingerprint density at radius 1 is 0.921 bits per heavy atom. The van der Waals surface area contributed by atoms with Gasteiger partial charge in [0.15, 0.2) is 0 Å². The number of rotatable bonds is 8. The number of aliphatic hydroxyl groups is 1. The Morgan fingerprint density at radius 3 is 2.32 bits per heavy atom. The average Bonchev–Trinajstić information content (AvgIpc) is 2.90.